The van der Waals surface area contributed by atoms with Crippen LogP contribution in [0.1, 0.15) is 5.56 Å². The van der Waals surface area contributed by atoms with Gasteiger partial charge in [0.05, 0.1) is 9.95 Å². The Morgan fingerprint density at radius 1 is 1.35 bits per heavy atom. The third kappa shape index (κ3) is 3.20. The van der Waals surface area contributed by atoms with Crippen LogP contribution in [0.25, 0.3) is 0 Å². The number of nitro benzene ring substituents is 1. The minimum absolute atomic E-state index is 0.101. The number of halogens is 2. The maximum atomic E-state index is 10.8. The molecule has 104 valence electrons. The number of hydrogen-bond donors (Lipinski definition) is 1. The summed E-state index contributed by atoms with van der Waals surface area (Å²) in [6, 6.07) is 9.79. The summed E-state index contributed by atoms with van der Waals surface area (Å²) in [5.41, 5.74) is 6.26. The van der Waals surface area contributed by atoms with Gasteiger partial charge in [-0.05, 0) is 18.2 Å². The summed E-state index contributed by atoms with van der Waals surface area (Å²) in [5.74, 6) is 0.479. The molecule has 0 saturated carbocycles. The van der Waals surface area contributed by atoms with Gasteiger partial charge in [-0.25, -0.2) is 0 Å². The van der Waals surface area contributed by atoms with Crippen LogP contribution in [0.15, 0.2) is 40.9 Å². The average Bonchev–Trinajstić information content (AvgIpc) is 2.41. The van der Waals surface area contributed by atoms with E-state index in [1.54, 1.807) is 30.3 Å². The lowest BCUT2D eigenvalue weighted by atomic mass is 10.1. The molecule has 5 nitrogen and oxygen atoms in total. The Kier molecular flexibility index (Phi) is 4.46. The summed E-state index contributed by atoms with van der Waals surface area (Å²) < 4.78 is 6.38. The number of rotatable bonds is 4. The van der Waals surface area contributed by atoms with E-state index in [9.17, 15) is 10.1 Å². The molecule has 0 aliphatic rings. The van der Waals surface area contributed by atoms with E-state index in [1.807, 2.05) is 0 Å². The number of anilines is 1. The molecule has 2 aromatic carbocycles. The van der Waals surface area contributed by atoms with E-state index in [0.717, 1.165) is 4.47 Å². The molecule has 0 bridgehead atoms. The summed E-state index contributed by atoms with van der Waals surface area (Å²) in [5, 5.41) is 11.3. The van der Waals surface area contributed by atoms with Crippen LogP contribution in [0.5, 0.6) is 5.75 Å². The standard InChI is InChI=1S/C13H10BrClN2O3/c14-9-4-5-10(15)12(6-9)20-7-8-2-1-3-11(13(8)16)17(18)19/h1-6H,7,16H2. The molecule has 0 fully saturated rings. The highest BCUT2D eigenvalue weighted by atomic mass is 79.9. The van der Waals surface area contributed by atoms with Crippen molar-refractivity contribution >= 4 is 38.9 Å². The van der Waals surface area contributed by atoms with E-state index in [1.165, 1.54) is 6.07 Å². The lowest BCUT2D eigenvalue weighted by Gasteiger charge is -2.10. The van der Waals surface area contributed by atoms with Crippen molar-refractivity contribution in [3.05, 3.63) is 61.6 Å². The monoisotopic (exact) mass is 356 g/mol. The van der Waals surface area contributed by atoms with Crippen molar-refractivity contribution in [1.82, 2.24) is 0 Å². The zero-order valence-electron chi connectivity index (χ0n) is 10.2. The Morgan fingerprint density at radius 3 is 2.80 bits per heavy atom. The Balaban J connectivity index is 2.21. The van der Waals surface area contributed by atoms with Crippen molar-refractivity contribution in [3.8, 4) is 5.75 Å². The highest BCUT2D eigenvalue weighted by molar-refractivity contribution is 9.10. The molecule has 0 atom stereocenters. The SMILES string of the molecule is Nc1c(COc2cc(Br)ccc2Cl)cccc1[N+](=O)[O-]. The Labute approximate surface area is 128 Å². The molecule has 0 aromatic heterocycles. The Bertz CT molecular complexity index is 664. The molecule has 0 heterocycles. The van der Waals surface area contributed by atoms with Gasteiger partial charge in [-0.1, -0.05) is 39.7 Å². The number of nitro groups is 1. The minimum atomic E-state index is -0.523. The molecule has 0 saturated heterocycles. The minimum Gasteiger partial charge on any atom is -0.487 e. The first-order chi connectivity index (χ1) is 9.49. The van der Waals surface area contributed by atoms with Crippen molar-refractivity contribution in [2.45, 2.75) is 6.61 Å². The second-order valence-corrected chi connectivity index (χ2v) is 5.29. The van der Waals surface area contributed by atoms with Gasteiger partial charge in [-0.2, -0.15) is 0 Å². The molecule has 0 aliphatic heterocycles. The largest absolute Gasteiger partial charge is 0.487 e. The first kappa shape index (κ1) is 14.6. The van der Waals surface area contributed by atoms with Crippen LogP contribution in [0, 0.1) is 10.1 Å². The fourth-order valence-electron chi connectivity index (χ4n) is 1.63. The Morgan fingerprint density at radius 2 is 2.10 bits per heavy atom. The Hall–Kier alpha value is -1.79. The topological polar surface area (TPSA) is 78.4 Å². The second-order valence-electron chi connectivity index (χ2n) is 3.97. The van der Waals surface area contributed by atoms with Gasteiger partial charge in [-0.15, -0.1) is 0 Å². The molecule has 2 N–H and O–H groups in total. The molecule has 0 unspecified atom stereocenters. The molecule has 0 aliphatic carbocycles. The number of nitrogens with two attached hydrogens (primary N) is 1. The number of hydrogen-bond acceptors (Lipinski definition) is 4. The predicted molar refractivity (Wildman–Crippen MR) is 81.0 cm³/mol. The fourth-order valence-corrected chi connectivity index (χ4v) is 2.14. The molecular weight excluding hydrogens is 348 g/mol. The molecule has 0 radical (unpaired) electrons. The van der Waals surface area contributed by atoms with Gasteiger partial charge in [0.1, 0.15) is 18.0 Å². The molecule has 7 heteroatoms. The lowest BCUT2D eigenvalue weighted by molar-refractivity contribution is -0.384. The smallest absolute Gasteiger partial charge is 0.292 e. The van der Waals surface area contributed by atoms with E-state index >= 15 is 0 Å². The van der Waals surface area contributed by atoms with Crippen LogP contribution in [-0.4, -0.2) is 4.92 Å². The van der Waals surface area contributed by atoms with Gasteiger partial charge in [0.15, 0.2) is 0 Å². The van der Waals surface area contributed by atoms with Gasteiger partial charge in [0.25, 0.3) is 5.69 Å². The fraction of sp³-hybridized carbons (Fsp3) is 0.0769. The zero-order chi connectivity index (χ0) is 14.7. The maximum absolute atomic E-state index is 10.8. The molecule has 0 amide bonds. The molecule has 2 aromatic rings. The van der Waals surface area contributed by atoms with Crippen LogP contribution < -0.4 is 10.5 Å². The van der Waals surface area contributed by atoms with Crippen molar-refractivity contribution in [1.29, 1.82) is 0 Å². The molecule has 20 heavy (non-hydrogen) atoms. The maximum Gasteiger partial charge on any atom is 0.292 e. The van der Waals surface area contributed by atoms with E-state index in [0.29, 0.717) is 16.3 Å². The number of nitrogen functional groups attached to an aromatic ring is 1. The molecule has 2 rings (SSSR count). The predicted octanol–water partition coefficient (Wildman–Crippen LogP) is 4.17. The van der Waals surface area contributed by atoms with Crippen LogP contribution in [0.3, 0.4) is 0 Å². The van der Waals surface area contributed by atoms with Crippen LogP contribution in [0.4, 0.5) is 11.4 Å². The number of benzene rings is 2. The number of nitrogens with zero attached hydrogens (tertiary/aromatic N) is 1. The third-order valence-corrected chi connectivity index (χ3v) is 3.45. The highest BCUT2D eigenvalue weighted by Gasteiger charge is 2.14. The second kappa shape index (κ2) is 6.11. The van der Waals surface area contributed by atoms with Gasteiger partial charge in [0.2, 0.25) is 0 Å². The van der Waals surface area contributed by atoms with Crippen LogP contribution >= 0.6 is 27.5 Å². The van der Waals surface area contributed by atoms with Gasteiger partial charge < -0.3 is 10.5 Å². The van der Waals surface area contributed by atoms with Crippen molar-refractivity contribution in [3.63, 3.8) is 0 Å². The number of ether oxygens (including phenoxy) is 1. The van der Waals surface area contributed by atoms with E-state index < -0.39 is 4.92 Å². The third-order valence-electron chi connectivity index (χ3n) is 2.65. The van der Waals surface area contributed by atoms with Crippen LogP contribution in [-0.2, 0) is 6.61 Å². The van der Waals surface area contributed by atoms with E-state index in [2.05, 4.69) is 15.9 Å². The van der Waals surface area contributed by atoms with Gasteiger partial charge in [-0.3, -0.25) is 10.1 Å². The summed E-state index contributed by atoms with van der Waals surface area (Å²) in [6.07, 6.45) is 0. The highest BCUT2D eigenvalue weighted by Crippen LogP contribution is 2.30. The van der Waals surface area contributed by atoms with Gasteiger partial charge in [0, 0.05) is 16.1 Å². The number of para-hydroxylation sites is 1. The summed E-state index contributed by atoms with van der Waals surface area (Å²) in [4.78, 5) is 10.3. The first-order valence-electron chi connectivity index (χ1n) is 5.58. The van der Waals surface area contributed by atoms with Gasteiger partial charge >= 0.3 is 0 Å². The van der Waals surface area contributed by atoms with Crippen molar-refractivity contribution < 1.29 is 9.66 Å². The van der Waals surface area contributed by atoms with Crippen molar-refractivity contribution in [2.75, 3.05) is 5.73 Å². The van der Waals surface area contributed by atoms with E-state index in [4.69, 9.17) is 22.1 Å². The van der Waals surface area contributed by atoms with Crippen molar-refractivity contribution in [2.24, 2.45) is 0 Å². The van der Waals surface area contributed by atoms with Crippen LogP contribution in [0.2, 0.25) is 5.02 Å². The lowest BCUT2D eigenvalue weighted by Crippen LogP contribution is -2.03. The quantitative estimate of drug-likeness (QED) is 0.506. The zero-order valence-corrected chi connectivity index (χ0v) is 12.5. The molecule has 0 spiro atoms. The summed E-state index contributed by atoms with van der Waals surface area (Å²) in [7, 11) is 0. The van der Waals surface area contributed by atoms with E-state index in [-0.39, 0.29) is 18.0 Å². The molecular formula is C13H10BrClN2O3. The average molecular weight is 358 g/mol. The summed E-state index contributed by atoms with van der Waals surface area (Å²) >= 11 is 9.31. The summed E-state index contributed by atoms with van der Waals surface area (Å²) in [6.45, 7) is 0.101. The normalized spacial score (nSPS) is 10.3. The first-order valence-corrected chi connectivity index (χ1v) is 6.75.